The van der Waals surface area contributed by atoms with Gasteiger partial charge >= 0.3 is 0 Å². The lowest BCUT2D eigenvalue weighted by molar-refractivity contribution is 0.188. The fourth-order valence-corrected chi connectivity index (χ4v) is 0.694. The second kappa shape index (κ2) is 6.05. The zero-order chi connectivity index (χ0) is 7.11. The van der Waals surface area contributed by atoms with Crippen LogP contribution in [0, 0.1) is 5.92 Å². The summed E-state index contributed by atoms with van der Waals surface area (Å²) >= 11 is 0. The average molecular weight is 131 g/mol. The molecule has 0 aromatic heterocycles. The van der Waals surface area contributed by atoms with Gasteiger partial charge in [-0.2, -0.15) is 0 Å². The van der Waals surface area contributed by atoms with Crippen LogP contribution in [0.2, 0.25) is 0 Å². The monoisotopic (exact) mass is 131 g/mol. The normalized spacial score (nSPS) is 13.7. The minimum Gasteiger partial charge on any atom is -0.385 e. The van der Waals surface area contributed by atoms with Gasteiger partial charge in [-0.25, -0.2) is 0 Å². The molecular weight excluding hydrogens is 114 g/mol. The molecule has 0 aliphatic carbocycles. The summed E-state index contributed by atoms with van der Waals surface area (Å²) in [5.41, 5.74) is 5.41. The highest BCUT2D eigenvalue weighted by Gasteiger charge is 1.96. The number of hydrogen-bond acceptors (Lipinski definition) is 2. The highest BCUT2D eigenvalue weighted by molar-refractivity contribution is 4.51. The Hall–Kier alpha value is -0.0800. The van der Waals surface area contributed by atoms with E-state index in [0.29, 0.717) is 5.92 Å². The molecule has 2 nitrogen and oxygen atoms in total. The van der Waals surface area contributed by atoms with Crippen molar-refractivity contribution in [1.82, 2.24) is 0 Å². The molecular formula is C7H17NO. The first-order chi connectivity index (χ1) is 4.31. The quantitative estimate of drug-likeness (QED) is 0.565. The maximum absolute atomic E-state index is 5.41. The molecule has 9 heavy (non-hydrogen) atoms. The minimum atomic E-state index is 0.653. The summed E-state index contributed by atoms with van der Waals surface area (Å²) in [6, 6.07) is 0. The Bertz CT molecular complexity index is 56.9. The Labute approximate surface area is 57.4 Å². The van der Waals surface area contributed by atoms with Crippen LogP contribution in [0.15, 0.2) is 0 Å². The van der Waals surface area contributed by atoms with Crippen molar-refractivity contribution < 1.29 is 4.74 Å². The largest absolute Gasteiger partial charge is 0.385 e. The van der Waals surface area contributed by atoms with E-state index in [2.05, 4.69) is 6.92 Å². The predicted octanol–water partition coefficient (Wildman–Crippen LogP) is 1.01. The lowest BCUT2D eigenvalue weighted by Gasteiger charge is -2.05. The van der Waals surface area contributed by atoms with Crippen LogP contribution in [0.3, 0.4) is 0 Å². The summed E-state index contributed by atoms with van der Waals surface area (Å²) in [5, 5.41) is 0. The molecule has 1 atom stereocenters. The van der Waals surface area contributed by atoms with Crippen molar-refractivity contribution in [2.45, 2.75) is 19.8 Å². The van der Waals surface area contributed by atoms with E-state index in [4.69, 9.17) is 10.5 Å². The van der Waals surface area contributed by atoms with Crippen molar-refractivity contribution >= 4 is 0 Å². The number of rotatable bonds is 5. The molecule has 0 fully saturated rings. The third-order valence-corrected chi connectivity index (χ3v) is 1.45. The Morgan fingerprint density at radius 3 is 2.67 bits per heavy atom. The number of nitrogens with two attached hydrogens (primary N) is 1. The summed E-state index contributed by atoms with van der Waals surface area (Å²) in [6.45, 7) is 3.82. The molecule has 0 aliphatic heterocycles. The molecule has 0 aromatic rings. The predicted molar refractivity (Wildman–Crippen MR) is 39.3 cm³/mol. The highest BCUT2D eigenvalue weighted by Crippen LogP contribution is 2.01. The zero-order valence-electron chi connectivity index (χ0n) is 6.39. The maximum Gasteiger partial charge on any atom is 0.0462 e. The van der Waals surface area contributed by atoms with Crippen molar-refractivity contribution in [2.24, 2.45) is 11.7 Å². The van der Waals surface area contributed by atoms with Gasteiger partial charge in [0.2, 0.25) is 0 Å². The van der Waals surface area contributed by atoms with Crippen LogP contribution < -0.4 is 5.73 Å². The fraction of sp³-hybridized carbons (Fsp3) is 1.00. The second-order valence-electron chi connectivity index (χ2n) is 2.48. The van der Waals surface area contributed by atoms with E-state index in [1.165, 1.54) is 6.42 Å². The molecule has 0 bridgehead atoms. The first-order valence-electron chi connectivity index (χ1n) is 3.50. The van der Waals surface area contributed by atoms with Gasteiger partial charge in [0.15, 0.2) is 0 Å². The standard InChI is InChI=1S/C7H17NO/c1-7(6-8)4-3-5-9-2/h7H,3-6,8H2,1-2H3. The van der Waals surface area contributed by atoms with Crippen LogP contribution in [-0.4, -0.2) is 20.3 Å². The Balaban J connectivity index is 2.88. The van der Waals surface area contributed by atoms with Crippen molar-refractivity contribution in [3.63, 3.8) is 0 Å². The summed E-state index contributed by atoms with van der Waals surface area (Å²) in [4.78, 5) is 0. The molecule has 0 heterocycles. The maximum atomic E-state index is 5.41. The van der Waals surface area contributed by atoms with Crippen molar-refractivity contribution in [3.05, 3.63) is 0 Å². The van der Waals surface area contributed by atoms with Gasteiger partial charge in [-0.05, 0) is 25.3 Å². The molecule has 0 radical (unpaired) electrons. The van der Waals surface area contributed by atoms with Gasteiger partial charge in [0.1, 0.15) is 0 Å². The summed E-state index contributed by atoms with van der Waals surface area (Å²) in [7, 11) is 1.73. The Morgan fingerprint density at radius 1 is 1.56 bits per heavy atom. The highest BCUT2D eigenvalue weighted by atomic mass is 16.5. The van der Waals surface area contributed by atoms with Crippen molar-refractivity contribution in [1.29, 1.82) is 0 Å². The van der Waals surface area contributed by atoms with E-state index in [-0.39, 0.29) is 0 Å². The summed E-state index contributed by atoms with van der Waals surface area (Å²) < 4.78 is 4.90. The Morgan fingerprint density at radius 2 is 2.22 bits per heavy atom. The lowest BCUT2D eigenvalue weighted by atomic mass is 10.1. The van der Waals surface area contributed by atoms with Crippen LogP contribution >= 0.6 is 0 Å². The van der Waals surface area contributed by atoms with E-state index >= 15 is 0 Å². The average Bonchev–Trinajstić information content (AvgIpc) is 1.89. The lowest BCUT2D eigenvalue weighted by Crippen LogP contribution is -2.10. The summed E-state index contributed by atoms with van der Waals surface area (Å²) in [6.07, 6.45) is 2.32. The molecule has 0 rings (SSSR count). The van der Waals surface area contributed by atoms with Gasteiger partial charge < -0.3 is 10.5 Å². The first kappa shape index (κ1) is 8.92. The zero-order valence-corrected chi connectivity index (χ0v) is 6.39. The van der Waals surface area contributed by atoms with E-state index in [9.17, 15) is 0 Å². The minimum absolute atomic E-state index is 0.653. The molecule has 2 heteroatoms. The van der Waals surface area contributed by atoms with Crippen LogP contribution in [-0.2, 0) is 4.74 Å². The van der Waals surface area contributed by atoms with Gasteiger partial charge in [-0.1, -0.05) is 6.92 Å². The summed E-state index contributed by atoms with van der Waals surface area (Å²) in [5.74, 6) is 0.653. The smallest absolute Gasteiger partial charge is 0.0462 e. The third-order valence-electron chi connectivity index (χ3n) is 1.45. The second-order valence-corrected chi connectivity index (χ2v) is 2.48. The third kappa shape index (κ3) is 5.80. The molecule has 0 aliphatic rings. The van der Waals surface area contributed by atoms with Crippen molar-refractivity contribution in [3.8, 4) is 0 Å². The van der Waals surface area contributed by atoms with Crippen LogP contribution in [0.1, 0.15) is 19.8 Å². The SMILES string of the molecule is COCCCC(C)CN. The van der Waals surface area contributed by atoms with Crippen molar-refractivity contribution in [2.75, 3.05) is 20.3 Å². The Kier molecular flexibility index (Phi) is 5.99. The van der Waals surface area contributed by atoms with Gasteiger partial charge in [0, 0.05) is 13.7 Å². The van der Waals surface area contributed by atoms with Gasteiger partial charge in [-0.3, -0.25) is 0 Å². The molecule has 2 N–H and O–H groups in total. The fourth-order valence-electron chi connectivity index (χ4n) is 0.694. The van der Waals surface area contributed by atoms with Gasteiger partial charge in [0.05, 0.1) is 0 Å². The van der Waals surface area contributed by atoms with E-state index in [1.54, 1.807) is 7.11 Å². The number of ether oxygens (including phenoxy) is 1. The van der Waals surface area contributed by atoms with Gasteiger partial charge in [0.25, 0.3) is 0 Å². The first-order valence-corrected chi connectivity index (χ1v) is 3.50. The van der Waals surface area contributed by atoms with Crippen LogP contribution in [0.4, 0.5) is 0 Å². The molecule has 0 aromatic carbocycles. The van der Waals surface area contributed by atoms with Crippen LogP contribution in [0.25, 0.3) is 0 Å². The molecule has 0 amide bonds. The van der Waals surface area contributed by atoms with E-state index in [0.717, 1.165) is 19.6 Å². The number of methoxy groups -OCH3 is 1. The molecule has 0 saturated carbocycles. The van der Waals surface area contributed by atoms with Crippen LogP contribution in [0.5, 0.6) is 0 Å². The topological polar surface area (TPSA) is 35.2 Å². The van der Waals surface area contributed by atoms with E-state index < -0.39 is 0 Å². The molecule has 0 spiro atoms. The molecule has 56 valence electrons. The van der Waals surface area contributed by atoms with Gasteiger partial charge in [-0.15, -0.1) is 0 Å². The molecule has 0 saturated heterocycles. The molecule has 1 unspecified atom stereocenters. The van der Waals surface area contributed by atoms with E-state index in [1.807, 2.05) is 0 Å². The number of hydrogen-bond donors (Lipinski definition) is 1.